The number of carbonyl (C=O) groups is 1. The summed E-state index contributed by atoms with van der Waals surface area (Å²) in [6, 6.07) is 10.3. The molecule has 0 spiro atoms. The number of para-hydroxylation sites is 1. The predicted molar refractivity (Wildman–Crippen MR) is 116 cm³/mol. The van der Waals surface area contributed by atoms with E-state index < -0.39 is 14.9 Å². The molecule has 11 heteroatoms. The van der Waals surface area contributed by atoms with Gasteiger partial charge in [0.1, 0.15) is 0 Å². The number of amides is 1. The molecule has 0 atom stereocenters. The summed E-state index contributed by atoms with van der Waals surface area (Å²) in [5.41, 5.74) is 0.687. The summed E-state index contributed by atoms with van der Waals surface area (Å²) in [5, 5.41) is 10.8. The van der Waals surface area contributed by atoms with E-state index in [1.807, 2.05) is 12.1 Å². The second kappa shape index (κ2) is 9.96. The van der Waals surface area contributed by atoms with Gasteiger partial charge in [0, 0.05) is 44.7 Å². The third-order valence-corrected chi connectivity index (χ3v) is 7.28. The number of sulfonamides is 1. The van der Waals surface area contributed by atoms with Gasteiger partial charge in [-0.1, -0.05) is 12.1 Å². The lowest BCUT2D eigenvalue weighted by atomic mass is 10.1. The summed E-state index contributed by atoms with van der Waals surface area (Å²) in [4.78, 5) is 24.5. The summed E-state index contributed by atoms with van der Waals surface area (Å²) < 4.78 is 37.6. The normalized spacial score (nSPS) is 14.8. The van der Waals surface area contributed by atoms with E-state index >= 15 is 0 Å². The van der Waals surface area contributed by atoms with Gasteiger partial charge in [-0.05, 0) is 30.2 Å². The van der Waals surface area contributed by atoms with Crippen molar-refractivity contribution in [1.29, 1.82) is 0 Å². The lowest BCUT2D eigenvalue weighted by Crippen LogP contribution is -2.50. The van der Waals surface area contributed by atoms with Gasteiger partial charge < -0.3 is 14.4 Å². The van der Waals surface area contributed by atoms with Crippen molar-refractivity contribution in [1.82, 2.24) is 9.21 Å². The molecule has 3 rings (SSSR count). The Kier molecular flexibility index (Phi) is 7.31. The molecule has 0 aromatic heterocycles. The number of methoxy groups -OCH3 is 2. The van der Waals surface area contributed by atoms with Crippen LogP contribution < -0.4 is 9.47 Å². The number of hydrogen-bond donors (Lipinski definition) is 0. The van der Waals surface area contributed by atoms with E-state index in [2.05, 4.69) is 0 Å². The van der Waals surface area contributed by atoms with Crippen molar-refractivity contribution < 1.29 is 27.6 Å². The zero-order valence-corrected chi connectivity index (χ0v) is 18.7. The molecule has 1 aliphatic rings. The van der Waals surface area contributed by atoms with E-state index in [4.69, 9.17) is 9.47 Å². The van der Waals surface area contributed by atoms with Gasteiger partial charge in [0.05, 0.1) is 24.0 Å². The van der Waals surface area contributed by atoms with Gasteiger partial charge in [-0.3, -0.25) is 14.9 Å². The Morgan fingerprint density at radius 3 is 2.25 bits per heavy atom. The molecule has 0 saturated carbocycles. The van der Waals surface area contributed by atoms with Crippen molar-refractivity contribution in [2.45, 2.75) is 17.7 Å². The second-order valence-electron chi connectivity index (χ2n) is 7.19. The zero-order valence-electron chi connectivity index (χ0n) is 17.9. The van der Waals surface area contributed by atoms with Crippen LogP contribution in [0.4, 0.5) is 5.69 Å². The number of nitro benzene ring substituents is 1. The Hall–Kier alpha value is -3.18. The van der Waals surface area contributed by atoms with Crippen LogP contribution in [0.2, 0.25) is 0 Å². The Balaban J connectivity index is 1.58. The number of hydrogen-bond acceptors (Lipinski definition) is 7. The fourth-order valence-corrected chi connectivity index (χ4v) is 5.04. The highest BCUT2D eigenvalue weighted by atomic mass is 32.2. The van der Waals surface area contributed by atoms with Crippen LogP contribution in [0.3, 0.4) is 0 Å². The maximum atomic E-state index is 12.8. The van der Waals surface area contributed by atoms with Crippen LogP contribution in [0.25, 0.3) is 0 Å². The summed E-state index contributed by atoms with van der Waals surface area (Å²) in [7, 11) is -0.681. The average Bonchev–Trinajstić information content (AvgIpc) is 2.82. The Bertz CT molecular complexity index is 1080. The number of ether oxygens (including phenoxy) is 2. The van der Waals surface area contributed by atoms with Crippen LogP contribution >= 0.6 is 0 Å². The van der Waals surface area contributed by atoms with Crippen LogP contribution in [-0.4, -0.2) is 68.9 Å². The molecule has 1 fully saturated rings. The van der Waals surface area contributed by atoms with Crippen LogP contribution in [0.15, 0.2) is 47.4 Å². The molecule has 32 heavy (non-hydrogen) atoms. The smallest absolute Gasteiger partial charge is 0.269 e. The maximum absolute atomic E-state index is 12.8. The lowest BCUT2D eigenvalue weighted by molar-refractivity contribution is -0.384. The third-order valence-electron chi connectivity index (χ3n) is 5.37. The molecule has 1 aliphatic heterocycles. The van der Waals surface area contributed by atoms with E-state index in [9.17, 15) is 23.3 Å². The maximum Gasteiger partial charge on any atom is 0.269 e. The molecule has 0 radical (unpaired) electrons. The topological polar surface area (TPSA) is 119 Å². The van der Waals surface area contributed by atoms with E-state index in [1.54, 1.807) is 25.2 Å². The molecule has 172 valence electrons. The number of rotatable bonds is 8. The number of nitro groups is 1. The Morgan fingerprint density at radius 2 is 1.69 bits per heavy atom. The first-order valence-corrected chi connectivity index (χ1v) is 11.4. The Morgan fingerprint density at radius 1 is 1.03 bits per heavy atom. The number of aryl methyl sites for hydroxylation is 1. The first kappa shape index (κ1) is 23.5. The quantitative estimate of drug-likeness (QED) is 0.434. The molecule has 2 aromatic rings. The van der Waals surface area contributed by atoms with Gasteiger partial charge in [0.25, 0.3) is 5.69 Å². The molecule has 1 amide bonds. The fourth-order valence-electron chi connectivity index (χ4n) is 3.62. The molecular weight excluding hydrogens is 438 g/mol. The average molecular weight is 464 g/mol. The number of nitrogens with zero attached hydrogens (tertiary/aromatic N) is 3. The zero-order chi connectivity index (χ0) is 23.3. The highest BCUT2D eigenvalue weighted by molar-refractivity contribution is 7.89. The number of piperazine rings is 1. The van der Waals surface area contributed by atoms with E-state index in [0.717, 1.165) is 5.56 Å². The van der Waals surface area contributed by atoms with Gasteiger partial charge in [-0.25, -0.2) is 8.42 Å². The van der Waals surface area contributed by atoms with Crippen molar-refractivity contribution >= 4 is 21.6 Å². The minimum absolute atomic E-state index is 0.00648. The number of benzene rings is 2. The first-order valence-electron chi connectivity index (χ1n) is 10.00. The molecule has 1 heterocycles. The van der Waals surface area contributed by atoms with Crippen molar-refractivity contribution in [2.75, 3.05) is 40.4 Å². The monoisotopic (exact) mass is 463 g/mol. The fraction of sp³-hybridized carbons (Fsp3) is 0.381. The molecule has 1 saturated heterocycles. The third kappa shape index (κ3) is 5.00. The van der Waals surface area contributed by atoms with Gasteiger partial charge in [-0.15, -0.1) is 0 Å². The van der Waals surface area contributed by atoms with E-state index in [0.29, 0.717) is 17.9 Å². The van der Waals surface area contributed by atoms with Crippen LogP contribution in [0.1, 0.15) is 12.0 Å². The van der Waals surface area contributed by atoms with E-state index in [1.165, 1.54) is 28.6 Å². The van der Waals surface area contributed by atoms with Crippen molar-refractivity contribution in [3.63, 3.8) is 0 Å². The predicted octanol–water partition coefficient (Wildman–Crippen LogP) is 2.08. The summed E-state index contributed by atoms with van der Waals surface area (Å²) >= 11 is 0. The molecule has 0 N–H and O–H groups in total. The van der Waals surface area contributed by atoms with Crippen molar-refractivity contribution in [2.24, 2.45) is 0 Å². The van der Waals surface area contributed by atoms with Crippen molar-refractivity contribution in [3.05, 3.63) is 58.1 Å². The van der Waals surface area contributed by atoms with E-state index in [-0.39, 0.29) is 49.1 Å². The molecule has 0 bridgehead atoms. The molecular formula is C21H25N3O7S. The minimum atomic E-state index is -3.78. The second-order valence-corrected chi connectivity index (χ2v) is 9.13. The Labute approximate surface area is 186 Å². The van der Waals surface area contributed by atoms with Crippen LogP contribution in [-0.2, 0) is 21.2 Å². The SMILES string of the molecule is COc1cccc(CCC(=O)N2CCN(S(=O)(=O)c3ccc([N+](=O)[O-])cc3)CC2)c1OC. The minimum Gasteiger partial charge on any atom is -0.493 e. The first-order chi connectivity index (χ1) is 15.3. The van der Waals surface area contributed by atoms with Crippen molar-refractivity contribution in [3.8, 4) is 11.5 Å². The van der Waals surface area contributed by atoms with Crippen LogP contribution in [0.5, 0.6) is 11.5 Å². The highest BCUT2D eigenvalue weighted by Crippen LogP contribution is 2.31. The summed E-state index contributed by atoms with van der Waals surface area (Å²) in [5.74, 6) is 1.13. The summed E-state index contributed by atoms with van der Waals surface area (Å²) in [6.07, 6.45) is 0.735. The molecule has 10 nitrogen and oxygen atoms in total. The molecule has 0 aliphatic carbocycles. The van der Waals surface area contributed by atoms with Gasteiger partial charge in [0.2, 0.25) is 15.9 Å². The van der Waals surface area contributed by atoms with Gasteiger partial charge in [0.15, 0.2) is 11.5 Å². The number of non-ortho nitro benzene ring substituents is 1. The molecule has 2 aromatic carbocycles. The van der Waals surface area contributed by atoms with Gasteiger partial charge >= 0.3 is 0 Å². The highest BCUT2D eigenvalue weighted by Gasteiger charge is 2.30. The van der Waals surface area contributed by atoms with Crippen LogP contribution in [0, 0.1) is 10.1 Å². The summed E-state index contributed by atoms with van der Waals surface area (Å²) in [6.45, 7) is 0.877. The number of carbonyl (C=O) groups excluding carboxylic acids is 1. The molecule has 0 unspecified atom stereocenters. The van der Waals surface area contributed by atoms with Gasteiger partial charge in [-0.2, -0.15) is 4.31 Å². The largest absolute Gasteiger partial charge is 0.493 e. The lowest BCUT2D eigenvalue weighted by Gasteiger charge is -2.34. The standard InChI is InChI=1S/C21H25N3O7S/c1-30-19-5-3-4-16(21(19)31-2)6-11-20(25)22-12-14-23(15-13-22)32(28,29)18-9-7-17(8-10-18)24(26)27/h3-5,7-10H,6,11-15H2,1-2H3.